The Balaban J connectivity index is 0.000000231. The molecule has 2 aromatic rings. The highest BCUT2D eigenvalue weighted by atomic mass is 127. The minimum absolute atomic E-state index is 0.186. The van der Waals surface area contributed by atoms with Crippen LogP contribution in [0, 0.1) is 7.14 Å². The molecular formula is C17H17F3I2O. The van der Waals surface area contributed by atoms with Crippen molar-refractivity contribution in [3.8, 4) is 5.75 Å². The highest BCUT2D eigenvalue weighted by Gasteiger charge is 2.30. The summed E-state index contributed by atoms with van der Waals surface area (Å²) < 4.78 is 40.6. The van der Waals surface area contributed by atoms with Crippen molar-refractivity contribution in [3.05, 3.63) is 61.2 Å². The van der Waals surface area contributed by atoms with E-state index in [1.807, 2.05) is 22.6 Å². The summed E-state index contributed by atoms with van der Waals surface area (Å²) in [6, 6.07) is 14.5. The maximum Gasteiger partial charge on any atom is 0.573 e. The first-order chi connectivity index (χ1) is 10.5. The minimum atomic E-state index is -4.61. The SMILES string of the molecule is CC(C)(C)c1ccc(I)cc1.FC(F)(F)Oc1cccc(I)c1. The first-order valence-corrected chi connectivity index (χ1v) is 8.90. The van der Waals surface area contributed by atoms with E-state index in [1.165, 1.54) is 27.3 Å². The Hall–Kier alpha value is -0.510. The smallest absolute Gasteiger partial charge is 0.406 e. The monoisotopic (exact) mass is 548 g/mol. The Bertz CT molecular complexity index is 617. The lowest BCUT2D eigenvalue weighted by Crippen LogP contribution is -2.17. The molecule has 1 nitrogen and oxygen atoms in total. The molecule has 23 heavy (non-hydrogen) atoms. The highest BCUT2D eigenvalue weighted by Crippen LogP contribution is 2.24. The second kappa shape index (κ2) is 8.55. The van der Waals surface area contributed by atoms with E-state index in [9.17, 15) is 13.2 Å². The largest absolute Gasteiger partial charge is 0.573 e. The molecule has 0 saturated carbocycles. The fraction of sp³-hybridized carbons (Fsp3) is 0.294. The summed E-state index contributed by atoms with van der Waals surface area (Å²) in [5.74, 6) is -0.186. The third kappa shape index (κ3) is 8.78. The number of alkyl halides is 3. The number of hydrogen-bond acceptors (Lipinski definition) is 1. The molecule has 0 radical (unpaired) electrons. The molecule has 0 aromatic heterocycles. The van der Waals surface area contributed by atoms with Gasteiger partial charge in [-0.1, -0.05) is 39.0 Å². The second-order valence-corrected chi connectivity index (χ2v) is 8.25. The zero-order valence-corrected chi connectivity index (χ0v) is 17.2. The van der Waals surface area contributed by atoms with E-state index in [1.54, 1.807) is 6.07 Å². The molecule has 6 heteroatoms. The van der Waals surface area contributed by atoms with E-state index in [0.717, 1.165) is 0 Å². The Kier molecular flexibility index (Phi) is 7.63. The van der Waals surface area contributed by atoms with Crippen molar-refractivity contribution >= 4 is 45.2 Å². The first kappa shape index (κ1) is 20.5. The fourth-order valence-electron chi connectivity index (χ4n) is 1.61. The summed E-state index contributed by atoms with van der Waals surface area (Å²) in [6.45, 7) is 6.69. The van der Waals surface area contributed by atoms with Crippen LogP contribution in [0.3, 0.4) is 0 Å². The molecule has 0 aliphatic rings. The number of benzene rings is 2. The standard InChI is InChI=1S/C10H13I.C7H4F3IO/c1-10(2,3)8-4-6-9(11)7-5-8;8-7(9,10)12-6-3-1-2-5(11)4-6/h4-7H,1-3H3;1-4H. The van der Waals surface area contributed by atoms with E-state index in [4.69, 9.17) is 0 Å². The molecule has 0 bridgehead atoms. The predicted molar refractivity (Wildman–Crippen MR) is 104 cm³/mol. The van der Waals surface area contributed by atoms with Gasteiger partial charge in [0.2, 0.25) is 0 Å². The van der Waals surface area contributed by atoms with Crippen LogP contribution in [0.25, 0.3) is 0 Å². The van der Waals surface area contributed by atoms with E-state index in [2.05, 4.69) is 72.4 Å². The van der Waals surface area contributed by atoms with Crippen LogP contribution in [0.15, 0.2) is 48.5 Å². The van der Waals surface area contributed by atoms with Crippen molar-refractivity contribution in [1.29, 1.82) is 0 Å². The summed E-state index contributed by atoms with van der Waals surface area (Å²) in [6.07, 6.45) is -4.61. The molecule has 0 heterocycles. The quantitative estimate of drug-likeness (QED) is 0.358. The summed E-state index contributed by atoms with van der Waals surface area (Å²) in [4.78, 5) is 0. The van der Waals surface area contributed by atoms with Crippen molar-refractivity contribution < 1.29 is 17.9 Å². The summed E-state index contributed by atoms with van der Waals surface area (Å²) >= 11 is 4.23. The third-order valence-corrected chi connectivity index (χ3v) is 4.13. The maximum absolute atomic E-state index is 11.6. The third-order valence-electron chi connectivity index (χ3n) is 2.74. The molecule has 0 unspecified atom stereocenters. The Morgan fingerprint density at radius 1 is 0.826 bits per heavy atom. The van der Waals surface area contributed by atoms with Gasteiger partial charge in [0.1, 0.15) is 5.75 Å². The van der Waals surface area contributed by atoms with Crippen LogP contribution in [0.1, 0.15) is 26.3 Å². The van der Waals surface area contributed by atoms with E-state index in [-0.39, 0.29) is 11.2 Å². The lowest BCUT2D eigenvalue weighted by Gasteiger charge is -2.18. The van der Waals surface area contributed by atoms with Crippen LogP contribution in [-0.4, -0.2) is 6.36 Å². The number of rotatable bonds is 1. The van der Waals surface area contributed by atoms with Crippen molar-refractivity contribution in [1.82, 2.24) is 0 Å². The van der Waals surface area contributed by atoms with Gasteiger partial charge >= 0.3 is 6.36 Å². The van der Waals surface area contributed by atoms with E-state index in [0.29, 0.717) is 3.57 Å². The molecule has 0 saturated heterocycles. The number of halogens is 5. The number of ether oxygens (including phenoxy) is 1. The van der Waals surface area contributed by atoms with Crippen LogP contribution in [0.5, 0.6) is 5.75 Å². The molecular weight excluding hydrogens is 531 g/mol. The maximum atomic E-state index is 11.6. The Labute approximate surface area is 161 Å². The summed E-state index contributed by atoms with van der Waals surface area (Å²) in [7, 11) is 0. The lowest BCUT2D eigenvalue weighted by molar-refractivity contribution is -0.274. The molecule has 0 fully saturated rings. The summed E-state index contributed by atoms with van der Waals surface area (Å²) in [5, 5.41) is 0. The van der Waals surface area contributed by atoms with Crippen LogP contribution >= 0.6 is 45.2 Å². The average molecular weight is 548 g/mol. The van der Waals surface area contributed by atoms with Gasteiger partial charge in [0.25, 0.3) is 0 Å². The van der Waals surface area contributed by atoms with E-state index < -0.39 is 6.36 Å². The molecule has 2 rings (SSSR count). The van der Waals surface area contributed by atoms with Crippen LogP contribution in [0.2, 0.25) is 0 Å². The number of hydrogen-bond donors (Lipinski definition) is 0. The second-order valence-electron chi connectivity index (χ2n) is 5.76. The van der Waals surface area contributed by atoms with Crippen molar-refractivity contribution in [2.45, 2.75) is 32.5 Å². The van der Waals surface area contributed by atoms with E-state index >= 15 is 0 Å². The molecule has 0 N–H and O–H groups in total. The zero-order chi connectivity index (χ0) is 17.7. The molecule has 126 valence electrons. The molecule has 0 amide bonds. The molecule has 0 aliphatic heterocycles. The Morgan fingerprint density at radius 3 is 1.83 bits per heavy atom. The van der Waals surface area contributed by atoms with Gasteiger partial charge in [-0.2, -0.15) is 0 Å². The van der Waals surface area contributed by atoms with Gasteiger partial charge in [-0.25, -0.2) is 0 Å². The van der Waals surface area contributed by atoms with Crippen molar-refractivity contribution in [2.24, 2.45) is 0 Å². The highest BCUT2D eigenvalue weighted by molar-refractivity contribution is 14.1. The van der Waals surface area contributed by atoms with Gasteiger partial charge in [-0.3, -0.25) is 0 Å². The fourth-order valence-corrected chi connectivity index (χ4v) is 2.49. The van der Waals surface area contributed by atoms with Gasteiger partial charge in [-0.05, 0) is 86.5 Å². The van der Waals surface area contributed by atoms with Gasteiger partial charge in [-0.15, -0.1) is 13.2 Å². The topological polar surface area (TPSA) is 9.23 Å². The van der Waals surface area contributed by atoms with Crippen LogP contribution in [0.4, 0.5) is 13.2 Å². The van der Waals surface area contributed by atoms with Crippen molar-refractivity contribution in [2.75, 3.05) is 0 Å². The first-order valence-electron chi connectivity index (χ1n) is 6.75. The van der Waals surface area contributed by atoms with Gasteiger partial charge < -0.3 is 4.74 Å². The Morgan fingerprint density at radius 2 is 1.39 bits per heavy atom. The molecule has 0 aliphatic carbocycles. The molecule has 2 aromatic carbocycles. The van der Waals surface area contributed by atoms with Crippen LogP contribution < -0.4 is 4.74 Å². The van der Waals surface area contributed by atoms with Crippen LogP contribution in [-0.2, 0) is 5.41 Å². The minimum Gasteiger partial charge on any atom is -0.406 e. The van der Waals surface area contributed by atoms with Gasteiger partial charge in [0, 0.05) is 7.14 Å². The lowest BCUT2D eigenvalue weighted by atomic mass is 9.87. The van der Waals surface area contributed by atoms with Crippen molar-refractivity contribution in [3.63, 3.8) is 0 Å². The molecule has 0 spiro atoms. The average Bonchev–Trinajstić information content (AvgIpc) is 2.36. The summed E-state index contributed by atoms with van der Waals surface area (Å²) in [5.41, 5.74) is 1.68. The van der Waals surface area contributed by atoms with Gasteiger partial charge in [0.05, 0.1) is 0 Å². The predicted octanol–water partition coefficient (Wildman–Crippen LogP) is 6.78. The van der Waals surface area contributed by atoms with Gasteiger partial charge in [0.15, 0.2) is 0 Å². The normalized spacial score (nSPS) is 11.5. The zero-order valence-electron chi connectivity index (χ0n) is 12.9. The molecule has 0 atom stereocenters.